The van der Waals surface area contributed by atoms with E-state index in [4.69, 9.17) is 46.9 Å². The normalized spacial score (nSPS) is 11.8. The van der Waals surface area contributed by atoms with E-state index in [2.05, 4.69) is 5.32 Å². The third-order valence-electron chi connectivity index (χ3n) is 5.31. The van der Waals surface area contributed by atoms with Crippen molar-refractivity contribution in [3.8, 4) is 5.75 Å². The summed E-state index contributed by atoms with van der Waals surface area (Å²) in [6, 6.07) is 15.4. The SMILES string of the molecule is COC(OC)c1cc(=O)c(OCc2ccccc2)c(C(=O)[As](CCNC(=O)O)Cc2ccc(Cl)c(Cl)c2)o1. The molecular weight excluding hydrogens is 600 g/mol. The van der Waals surface area contributed by atoms with E-state index < -0.39 is 37.0 Å². The van der Waals surface area contributed by atoms with Gasteiger partial charge in [0.05, 0.1) is 0 Å². The van der Waals surface area contributed by atoms with Crippen molar-refractivity contribution in [2.24, 2.45) is 0 Å². The minimum atomic E-state index is -2.64. The van der Waals surface area contributed by atoms with Crippen LogP contribution in [-0.2, 0) is 21.3 Å². The zero-order valence-corrected chi connectivity index (χ0v) is 24.0. The van der Waals surface area contributed by atoms with Crippen LogP contribution in [0.2, 0.25) is 15.3 Å². The monoisotopic (exact) mass is 625 g/mol. The number of amides is 1. The number of hydrogen-bond acceptors (Lipinski definition) is 7. The molecule has 1 unspecified atom stereocenters. The van der Waals surface area contributed by atoms with Gasteiger partial charge < -0.3 is 0 Å². The summed E-state index contributed by atoms with van der Waals surface area (Å²) in [5.74, 6) is -0.478. The molecule has 0 bridgehead atoms. The number of hydrogen-bond donors (Lipinski definition) is 2. The number of carbonyl (C=O) groups excluding carboxylic acids is 1. The zero-order chi connectivity index (χ0) is 27.7. The minimum absolute atomic E-state index is 0.00237. The first-order valence-electron chi connectivity index (χ1n) is 11.3. The molecule has 9 nitrogen and oxygen atoms in total. The number of methoxy groups -OCH3 is 2. The van der Waals surface area contributed by atoms with E-state index in [-0.39, 0.29) is 35.6 Å². The van der Waals surface area contributed by atoms with Gasteiger partial charge in [0.1, 0.15) is 0 Å². The second-order valence-electron chi connectivity index (χ2n) is 7.96. The summed E-state index contributed by atoms with van der Waals surface area (Å²) in [7, 11) is 2.74. The van der Waals surface area contributed by atoms with Gasteiger partial charge in [0.2, 0.25) is 0 Å². The summed E-state index contributed by atoms with van der Waals surface area (Å²) >= 11 is 9.57. The first-order valence-corrected chi connectivity index (χ1v) is 15.7. The Labute approximate surface area is 233 Å². The van der Waals surface area contributed by atoms with E-state index in [0.717, 1.165) is 17.2 Å². The van der Waals surface area contributed by atoms with Crippen molar-refractivity contribution in [3.05, 3.63) is 97.5 Å². The van der Waals surface area contributed by atoms with Crippen LogP contribution < -0.4 is 15.5 Å². The number of ether oxygens (including phenoxy) is 3. The summed E-state index contributed by atoms with van der Waals surface area (Å²) in [5, 5.41) is 12.6. The molecule has 1 atom stereocenters. The van der Waals surface area contributed by atoms with E-state index in [1.165, 1.54) is 14.2 Å². The van der Waals surface area contributed by atoms with Crippen molar-refractivity contribution in [2.45, 2.75) is 23.3 Å². The molecule has 0 aliphatic carbocycles. The fourth-order valence-corrected chi connectivity index (χ4v) is 7.93. The van der Waals surface area contributed by atoms with Crippen LogP contribution in [0, 0.1) is 0 Å². The van der Waals surface area contributed by atoms with Crippen LogP contribution in [0.1, 0.15) is 33.7 Å². The average Bonchev–Trinajstić information content (AvgIpc) is 2.90. The van der Waals surface area contributed by atoms with Crippen LogP contribution in [0.25, 0.3) is 0 Å². The number of halogens is 2. The Morgan fingerprint density at radius 1 is 1.03 bits per heavy atom. The zero-order valence-electron chi connectivity index (χ0n) is 20.6. The number of carboxylic acid groups (broad SMARTS) is 1. The Balaban J connectivity index is 2.03. The maximum atomic E-state index is 13.9. The van der Waals surface area contributed by atoms with Gasteiger partial charge in [-0.25, -0.2) is 0 Å². The Morgan fingerprint density at radius 2 is 1.74 bits per heavy atom. The molecule has 202 valence electrons. The fraction of sp³-hybridized carbons (Fsp3) is 0.269. The van der Waals surface area contributed by atoms with Gasteiger partial charge in [-0.1, -0.05) is 0 Å². The molecule has 0 radical (unpaired) electrons. The van der Waals surface area contributed by atoms with Gasteiger partial charge in [0.15, 0.2) is 0 Å². The predicted molar refractivity (Wildman–Crippen MR) is 144 cm³/mol. The summed E-state index contributed by atoms with van der Waals surface area (Å²) in [5.41, 5.74) is 0.966. The van der Waals surface area contributed by atoms with Crippen molar-refractivity contribution in [1.29, 1.82) is 0 Å². The van der Waals surface area contributed by atoms with Gasteiger partial charge in [-0.3, -0.25) is 0 Å². The molecule has 0 aliphatic heterocycles. The Morgan fingerprint density at radius 3 is 2.37 bits per heavy atom. The van der Waals surface area contributed by atoms with Gasteiger partial charge >= 0.3 is 234 Å². The average molecular weight is 626 g/mol. The number of carbonyl (C=O) groups is 2. The quantitative estimate of drug-likeness (QED) is 0.199. The first kappa shape index (κ1) is 29.7. The molecule has 0 spiro atoms. The van der Waals surface area contributed by atoms with Gasteiger partial charge in [-0.15, -0.1) is 0 Å². The standard InChI is InChI=1S/C26H26AsCl2NO8/c1-35-25(36-2)21-13-20(31)22(37-15-16-6-4-3-5-7-16)23(38-21)24(32)27(10-11-30-26(33)34)14-17-8-9-18(28)19(29)12-17/h3-9,12-13,25,30H,10-11,14-15H2,1-2H3,(H,33,34). The Kier molecular flexibility index (Phi) is 11.2. The fourth-order valence-electron chi connectivity index (χ4n) is 3.50. The second-order valence-corrected chi connectivity index (χ2v) is 13.5. The molecule has 0 aliphatic rings. The van der Waals surface area contributed by atoms with E-state index in [0.29, 0.717) is 15.3 Å². The Bertz CT molecular complexity index is 1310. The van der Waals surface area contributed by atoms with E-state index in [9.17, 15) is 14.4 Å². The Hall–Kier alpha value is -2.81. The molecule has 0 saturated heterocycles. The molecule has 1 heterocycles. The molecule has 38 heavy (non-hydrogen) atoms. The van der Waals surface area contributed by atoms with E-state index >= 15 is 0 Å². The van der Waals surface area contributed by atoms with Gasteiger partial charge in [0, 0.05) is 0 Å². The summed E-state index contributed by atoms with van der Waals surface area (Å²) in [4.78, 5) is 38.1. The van der Waals surface area contributed by atoms with E-state index in [1.807, 2.05) is 30.3 Å². The third-order valence-corrected chi connectivity index (χ3v) is 10.8. The second kappa shape index (κ2) is 14.4. The topological polar surface area (TPSA) is 124 Å². The first-order chi connectivity index (χ1) is 18.2. The molecule has 2 N–H and O–H groups in total. The summed E-state index contributed by atoms with van der Waals surface area (Å²) in [6.07, 6.45) is -2.23. The number of benzene rings is 2. The molecule has 1 aromatic heterocycles. The molecule has 2 aromatic carbocycles. The third kappa shape index (κ3) is 8.09. The van der Waals surface area contributed by atoms with Crippen LogP contribution in [0.3, 0.4) is 0 Å². The van der Waals surface area contributed by atoms with Crippen molar-refractivity contribution in [3.63, 3.8) is 0 Å². The van der Waals surface area contributed by atoms with Crippen molar-refractivity contribution in [1.82, 2.24) is 5.32 Å². The van der Waals surface area contributed by atoms with Crippen LogP contribution in [0.15, 0.2) is 63.8 Å². The summed E-state index contributed by atoms with van der Waals surface area (Å²) in [6.45, 7) is 0.0782. The van der Waals surface area contributed by atoms with Crippen LogP contribution in [0.5, 0.6) is 5.75 Å². The van der Waals surface area contributed by atoms with Crippen LogP contribution in [-0.4, -0.2) is 51.2 Å². The number of rotatable bonds is 13. The van der Waals surface area contributed by atoms with Gasteiger partial charge in [-0.05, 0) is 0 Å². The molecule has 3 rings (SSSR count). The predicted octanol–water partition coefficient (Wildman–Crippen LogP) is 5.08. The van der Waals surface area contributed by atoms with Crippen molar-refractivity contribution >= 4 is 48.5 Å². The molecule has 3 aromatic rings. The molecule has 12 heteroatoms. The maximum absolute atomic E-state index is 13.9. The van der Waals surface area contributed by atoms with Gasteiger partial charge in [0.25, 0.3) is 0 Å². The molecular formula is C26H26AsCl2NO8. The molecule has 0 fully saturated rings. The van der Waals surface area contributed by atoms with Crippen molar-refractivity contribution < 1.29 is 33.3 Å². The van der Waals surface area contributed by atoms with Crippen LogP contribution in [0.4, 0.5) is 4.79 Å². The van der Waals surface area contributed by atoms with Crippen molar-refractivity contribution in [2.75, 3.05) is 20.8 Å². The molecule has 1 amide bonds. The number of nitrogens with one attached hydrogen (secondary N) is 1. The molecule has 0 saturated carbocycles. The van der Waals surface area contributed by atoms with E-state index in [1.54, 1.807) is 18.2 Å². The van der Waals surface area contributed by atoms with Gasteiger partial charge in [-0.2, -0.15) is 0 Å². The summed E-state index contributed by atoms with van der Waals surface area (Å²) < 4.78 is 21.7. The van der Waals surface area contributed by atoms with Crippen LogP contribution >= 0.6 is 23.2 Å².